The molecular formula is C25H25ClN2O3S. The minimum atomic E-state index is -3.61. The Kier molecular flexibility index (Phi) is 5.86. The van der Waals surface area contributed by atoms with Crippen molar-refractivity contribution >= 4 is 27.5 Å². The smallest absolute Gasteiger partial charge is 0.264 e. The molecule has 3 aromatic rings. The summed E-state index contributed by atoms with van der Waals surface area (Å²) in [7, 11) is -3.61. The van der Waals surface area contributed by atoms with Crippen molar-refractivity contribution in [1.82, 2.24) is 9.71 Å². The molecule has 1 heterocycles. The number of sulfonamides is 1. The number of carbonyl (C=O) groups is 1. The van der Waals surface area contributed by atoms with E-state index in [0.717, 1.165) is 27.9 Å². The highest BCUT2D eigenvalue weighted by atomic mass is 35.5. The lowest BCUT2D eigenvalue weighted by Gasteiger charge is -2.18. The molecule has 0 unspecified atom stereocenters. The average Bonchev–Trinajstić information content (AvgIpc) is 3.59. The predicted molar refractivity (Wildman–Crippen MR) is 128 cm³/mol. The Balaban J connectivity index is 1.62. The van der Waals surface area contributed by atoms with Crippen LogP contribution >= 0.6 is 11.6 Å². The van der Waals surface area contributed by atoms with E-state index in [-0.39, 0.29) is 11.0 Å². The monoisotopic (exact) mass is 468 g/mol. The number of pyridine rings is 1. The molecule has 1 aromatic heterocycles. The van der Waals surface area contributed by atoms with E-state index in [4.69, 9.17) is 11.6 Å². The highest BCUT2D eigenvalue weighted by Gasteiger charge is 2.37. The Hall–Kier alpha value is -2.70. The highest BCUT2D eigenvalue weighted by Crippen LogP contribution is 2.33. The highest BCUT2D eigenvalue weighted by molar-refractivity contribution is 7.91. The zero-order valence-electron chi connectivity index (χ0n) is 18.2. The lowest BCUT2D eigenvalue weighted by Crippen LogP contribution is -2.33. The quantitative estimate of drug-likeness (QED) is 0.529. The first-order valence-electron chi connectivity index (χ1n) is 10.5. The van der Waals surface area contributed by atoms with Crippen molar-refractivity contribution < 1.29 is 13.2 Å². The average molecular weight is 469 g/mol. The number of carbonyl (C=O) groups excluding carboxylic acids is 1. The van der Waals surface area contributed by atoms with Crippen LogP contribution in [0.25, 0.3) is 22.3 Å². The van der Waals surface area contributed by atoms with E-state index in [2.05, 4.69) is 36.5 Å². The second-order valence-electron chi connectivity index (χ2n) is 9.13. The van der Waals surface area contributed by atoms with Crippen molar-refractivity contribution in [2.75, 3.05) is 0 Å². The van der Waals surface area contributed by atoms with E-state index in [1.807, 2.05) is 36.5 Å². The predicted octanol–water partition coefficient (Wildman–Crippen LogP) is 5.59. The van der Waals surface area contributed by atoms with E-state index in [0.29, 0.717) is 17.9 Å². The fourth-order valence-corrected chi connectivity index (χ4v) is 5.02. The van der Waals surface area contributed by atoms with Crippen LogP contribution < -0.4 is 4.72 Å². The summed E-state index contributed by atoms with van der Waals surface area (Å²) in [5, 5.41) is -0.0837. The Morgan fingerprint density at radius 2 is 1.69 bits per heavy atom. The molecule has 0 aliphatic heterocycles. The van der Waals surface area contributed by atoms with Gasteiger partial charge in [0.25, 0.3) is 5.91 Å². The molecule has 0 bridgehead atoms. The van der Waals surface area contributed by atoms with Crippen LogP contribution in [0, 0.1) is 0 Å². The second kappa shape index (κ2) is 8.34. The maximum atomic E-state index is 12.4. The molecule has 0 spiro atoms. The molecule has 166 valence electrons. The lowest BCUT2D eigenvalue weighted by molar-refractivity contribution is 0.0981. The van der Waals surface area contributed by atoms with Crippen LogP contribution in [-0.4, -0.2) is 24.6 Å². The van der Waals surface area contributed by atoms with Gasteiger partial charge in [-0.2, -0.15) is 0 Å². The van der Waals surface area contributed by atoms with E-state index in [1.165, 1.54) is 6.07 Å². The summed E-state index contributed by atoms with van der Waals surface area (Å²) >= 11 is 6.50. The summed E-state index contributed by atoms with van der Waals surface area (Å²) in [6.07, 6.45) is 3.00. The van der Waals surface area contributed by atoms with Crippen LogP contribution in [0.4, 0.5) is 0 Å². The molecule has 7 heteroatoms. The molecule has 2 aromatic carbocycles. The van der Waals surface area contributed by atoms with Gasteiger partial charge < -0.3 is 0 Å². The van der Waals surface area contributed by atoms with Gasteiger partial charge in [-0.1, -0.05) is 56.6 Å². The molecular weight excluding hydrogens is 444 g/mol. The fraction of sp³-hybridized carbons (Fsp3) is 0.280. The number of nitrogens with zero attached hydrogens (tertiary/aromatic N) is 1. The van der Waals surface area contributed by atoms with Gasteiger partial charge in [0.1, 0.15) is 0 Å². The van der Waals surface area contributed by atoms with Crippen molar-refractivity contribution in [1.29, 1.82) is 0 Å². The number of rotatable bonds is 5. The molecule has 1 saturated carbocycles. The first-order valence-corrected chi connectivity index (χ1v) is 12.4. The molecule has 1 aliphatic rings. The third kappa shape index (κ3) is 4.87. The number of nitrogens with one attached hydrogen (secondary N) is 1. The summed E-state index contributed by atoms with van der Waals surface area (Å²) < 4.78 is 26.2. The fourth-order valence-electron chi connectivity index (χ4n) is 3.43. The molecule has 0 radical (unpaired) electrons. The minimum Gasteiger partial charge on any atom is -0.268 e. The molecule has 5 nitrogen and oxygen atoms in total. The number of amides is 1. The summed E-state index contributed by atoms with van der Waals surface area (Å²) in [4.78, 5) is 16.9. The maximum absolute atomic E-state index is 12.4. The molecule has 4 rings (SSSR count). The van der Waals surface area contributed by atoms with Crippen molar-refractivity contribution in [2.24, 2.45) is 0 Å². The molecule has 1 fully saturated rings. The van der Waals surface area contributed by atoms with Gasteiger partial charge >= 0.3 is 0 Å². The van der Waals surface area contributed by atoms with Crippen LogP contribution in [0.5, 0.6) is 0 Å². The van der Waals surface area contributed by atoms with Crippen molar-refractivity contribution in [3.63, 3.8) is 0 Å². The van der Waals surface area contributed by atoms with Gasteiger partial charge in [0.15, 0.2) is 0 Å². The van der Waals surface area contributed by atoms with E-state index < -0.39 is 21.2 Å². The summed E-state index contributed by atoms with van der Waals surface area (Å²) in [5.74, 6) is -0.661. The van der Waals surface area contributed by atoms with Crippen molar-refractivity contribution in [3.05, 3.63) is 77.1 Å². The normalized spacial score (nSPS) is 14.2. The number of aromatic nitrogens is 1. The number of hydrogen-bond donors (Lipinski definition) is 1. The third-order valence-electron chi connectivity index (χ3n) is 5.46. The maximum Gasteiger partial charge on any atom is 0.264 e. The Labute approximate surface area is 193 Å². The van der Waals surface area contributed by atoms with Crippen molar-refractivity contribution in [2.45, 2.75) is 44.3 Å². The van der Waals surface area contributed by atoms with Gasteiger partial charge in [-0.15, -0.1) is 0 Å². The van der Waals surface area contributed by atoms with Crippen LogP contribution in [0.2, 0.25) is 5.02 Å². The summed E-state index contributed by atoms with van der Waals surface area (Å²) in [5.41, 5.74) is 4.92. The van der Waals surface area contributed by atoms with Crippen LogP contribution in [-0.2, 0) is 15.4 Å². The second-order valence-corrected chi connectivity index (χ2v) is 11.5. The third-order valence-corrected chi connectivity index (χ3v) is 7.60. The molecule has 1 aliphatic carbocycles. The van der Waals surface area contributed by atoms with Gasteiger partial charge in [0, 0.05) is 33.5 Å². The van der Waals surface area contributed by atoms with Crippen LogP contribution in [0.15, 0.2) is 60.8 Å². The molecule has 0 saturated heterocycles. The zero-order chi connectivity index (χ0) is 23.1. The molecule has 0 atom stereocenters. The minimum absolute atomic E-state index is 0.0552. The number of hydrogen-bond acceptors (Lipinski definition) is 4. The van der Waals surface area contributed by atoms with Crippen LogP contribution in [0.1, 0.15) is 49.7 Å². The standard InChI is InChI=1S/C25H25ClN2O3S/c1-25(2,3)23-15-17(11-12-27-23)16-5-4-6-18(13-16)21-10-7-19(14-22(21)26)24(29)28-32(30,31)20-8-9-20/h4-7,10-15,20H,8-9H2,1-3H3,(H,28,29). The molecule has 32 heavy (non-hydrogen) atoms. The topological polar surface area (TPSA) is 76.1 Å². The number of halogens is 1. The van der Waals surface area contributed by atoms with Gasteiger partial charge in [0.2, 0.25) is 10.0 Å². The summed E-state index contributed by atoms with van der Waals surface area (Å²) in [6.45, 7) is 6.38. The van der Waals surface area contributed by atoms with E-state index in [1.54, 1.807) is 12.1 Å². The van der Waals surface area contributed by atoms with Gasteiger partial charge in [-0.25, -0.2) is 13.1 Å². The van der Waals surface area contributed by atoms with Crippen LogP contribution in [0.3, 0.4) is 0 Å². The van der Waals surface area contributed by atoms with Gasteiger partial charge in [-0.05, 0) is 59.9 Å². The molecule has 1 N–H and O–H groups in total. The summed E-state index contributed by atoms with van der Waals surface area (Å²) in [6, 6.07) is 16.9. The largest absolute Gasteiger partial charge is 0.268 e. The van der Waals surface area contributed by atoms with E-state index in [9.17, 15) is 13.2 Å². The molecule has 1 amide bonds. The van der Waals surface area contributed by atoms with Gasteiger partial charge in [-0.3, -0.25) is 9.78 Å². The Morgan fingerprint density at radius 3 is 2.34 bits per heavy atom. The lowest BCUT2D eigenvalue weighted by atomic mass is 9.89. The Bertz CT molecular complexity index is 1290. The van der Waals surface area contributed by atoms with Gasteiger partial charge in [0.05, 0.1) is 5.25 Å². The SMILES string of the molecule is CC(C)(C)c1cc(-c2cccc(-c3ccc(C(=O)NS(=O)(=O)C4CC4)cc3Cl)c2)ccn1. The first-order chi connectivity index (χ1) is 15.0. The Morgan fingerprint density at radius 1 is 1.00 bits per heavy atom. The number of benzene rings is 2. The van der Waals surface area contributed by atoms with Crippen molar-refractivity contribution in [3.8, 4) is 22.3 Å². The van der Waals surface area contributed by atoms with E-state index >= 15 is 0 Å². The first kappa shape index (κ1) is 22.5. The zero-order valence-corrected chi connectivity index (χ0v) is 19.8.